The van der Waals surface area contributed by atoms with Gasteiger partial charge in [0.2, 0.25) is 11.8 Å². The lowest BCUT2D eigenvalue weighted by molar-refractivity contribution is 0.122. The molecule has 1 aliphatic heterocycles. The van der Waals surface area contributed by atoms with Crippen molar-refractivity contribution in [3.8, 4) is 11.6 Å². The van der Waals surface area contributed by atoms with Gasteiger partial charge >= 0.3 is 6.03 Å². The molecule has 210 valence electrons. The standard InChI is InChI=1S/C30H37N7O3/c1-6-8-12-23(7-2)37-26(20-25(35-37)30(3,4)5)33-29(38)32-21-22-11-9-10-13-24(22)40-27-14-15-31-28(34-27)36-16-18-39-19-17-36/h6-15,20H,2,16-19,21H2,1,3-5H3,(H2,32,33,38)/b8-6-,23-12+. The molecule has 2 amide bonds. The Labute approximate surface area is 235 Å². The van der Waals surface area contributed by atoms with Crippen molar-refractivity contribution >= 4 is 23.5 Å². The van der Waals surface area contributed by atoms with E-state index in [9.17, 15) is 4.79 Å². The predicted octanol–water partition coefficient (Wildman–Crippen LogP) is 5.52. The summed E-state index contributed by atoms with van der Waals surface area (Å²) in [6.07, 6.45) is 9.09. The van der Waals surface area contributed by atoms with Crippen LogP contribution in [0, 0.1) is 0 Å². The number of benzene rings is 1. The largest absolute Gasteiger partial charge is 0.439 e. The molecule has 0 radical (unpaired) electrons. The first kappa shape index (κ1) is 28.6. The van der Waals surface area contributed by atoms with Crippen molar-refractivity contribution in [3.05, 3.63) is 84.7 Å². The summed E-state index contributed by atoms with van der Waals surface area (Å²) >= 11 is 0. The van der Waals surface area contributed by atoms with E-state index in [2.05, 4.69) is 52.9 Å². The number of carbonyl (C=O) groups excluding carboxylic acids is 1. The molecule has 40 heavy (non-hydrogen) atoms. The summed E-state index contributed by atoms with van der Waals surface area (Å²) in [5, 5.41) is 10.6. The number of allylic oxidation sites excluding steroid dienone is 5. The van der Waals surface area contributed by atoms with Gasteiger partial charge in [0.15, 0.2) is 0 Å². The molecule has 0 aliphatic carbocycles. The van der Waals surface area contributed by atoms with Gasteiger partial charge in [-0.1, -0.05) is 57.7 Å². The molecule has 0 spiro atoms. The van der Waals surface area contributed by atoms with Crippen LogP contribution in [0.4, 0.5) is 16.6 Å². The molecule has 0 bridgehead atoms. The third-order valence-corrected chi connectivity index (χ3v) is 6.17. The summed E-state index contributed by atoms with van der Waals surface area (Å²) in [5.41, 5.74) is 2.18. The zero-order chi connectivity index (χ0) is 28.5. The monoisotopic (exact) mass is 543 g/mol. The third kappa shape index (κ3) is 7.35. The van der Waals surface area contributed by atoms with E-state index in [1.807, 2.05) is 55.5 Å². The number of para-hydroxylation sites is 1. The highest BCUT2D eigenvalue weighted by molar-refractivity contribution is 5.89. The van der Waals surface area contributed by atoms with Crippen molar-refractivity contribution in [3.63, 3.8) is 0 Å². The maximum atomic E-state index is 13.0. The van der Waals surface area contributed by atoms with Gasteiger partial charge in [0, 0.05) is 48.9 Å². The minimum atomic E-state index is -0.373. The minimum absolute atomic E-state index is 0.204. The first-order valence-corrected chi connectivity index (χ1v) is 13.3. The summed E-state index contributed by atoms with van der Waals surface area (Å²) in [5.74, 6) is 2.17. The molecule has 1 fully saturated rings. The molecule has 4 rings (SSSR count). The Bertz CT molecular complexity index is 1380. The van der Waals surface area contributed by atoms with Gasteiger partial charge in [0.1, 0.15) is 11.6 Å². The van der Waals surface area contributed by atoms with Gasteiger partial charge < -0.3 is 19.7 Å². The Morgan fingerprint density at radius 2 is 1.98 bits per heavy atom. The van der Waals surface area contributed by atoms with Crippen molar-refractivity contribution in [2.75, 3.05) is 36.5 Å². The zero-order valence-corrected chi connectivity index (χ0v) is 23.6. The molecule has 1 saturated heterocycles. The average Bonchev–Trinajstić information content (AvgIpc) is 3.38. The van der Waals surface area contributed by atoms with Crippen LogP contribution in [0.5, 0.6) is 11.6 Å². The molecule has 10 heteroatoms. The summed E-state index contributed by atoms with van der Waals surface area (Å²) in [6, 6.07) is 10.7. The molecule has 0 atom stereocenters. The summed E-state index contributed by atoms with van der Waals surface area (Å²) in [6.45, 7) is 15.1. The highest BCUT2D eigenvalue weighted by Crippen LogP contribution is 2.27. The molecule has 3 heterocycles. The van der Waals surface area contributed by atoms with Crippen LogP contribution in [0.3, 0.4) is 0 Å². The third-order valence-electron chi connectivity index (χ3n) is 6.17. The Morgan fingerprint density at radius 1 is 1.20 bits per heavy atom. The highest BCUT2D eigenvalue weighted by atomic mass is 16.5. The SMILES string of the molecule is C=C/C(=C\C=C/C)n1nc(C(C)(C)C)cc1NC(=O)NCc1ccccc1Oc1ccnc(N2CCOCC2)n1. The molecule has 2 aromatic heterocycles. The highest BCUT2D eigenvalue weighted by Gasteiger charge is 2.22. The summed E-state index contributed by atoms with van der Waals surface area (Å²) in [4.78, 5) is 24.0. The average molecular weight is 544 g/mol. The number of rotatable bonds is 9. The Kier molecular flexibility index (Phi) is 9.34. The van der Waals surface area contributed by atoms with Crippen LogP contribution in [0.25, 0.3) is 5.70 Å². The summed E-state index contributed by atoms with van der Waals surface area (Å²) in [7, 11) is 0. The lowest BCUT2D eigenvalue weighted by Crippen LogP contribution is -2.37. The van der Waals surface area contributed by atoms with Gasteiger partial charge in [-0.2, -0.15) is 10.1 Å². The molecular formula is C30H37N7O3. The quantitative estimate of drug-likeness (QED) is 0.342. The zero-order valence-electron chi connectivity index (χ0n) is 23.6. The van der Waals surface area contributed by atoms with E-state index in [1.165, 1.54) is 0 Å². The van der Waals surface area contributed by atoms with Crippen molar-refractivity contribution in [1.29, 1.82) is 0 Å². The Morgan fingerprint density at radius 3 is 2.70 bits per heavy atom. The fourth-order valence-electron chi connectivity index (χ4n) is 3.96. The number of anilines is 2. The van der Waals surface area contributed by atoms with Crippen LogP contribution in [0.1, 0.15) is 39.0 Å². The van der Waals surface area contributed by atoms with Crippen molar-refractivity contribution in [2.45, 2.75) is 39.7 Å². The van der Waals surface area contributed by atoms with E-state index in [4.69, 9.17) is 14.6 Å². The topological polar surface area (TPSA) is 106 Å². The van der Waals surface area contributed by atoms with Crippen LogP contribution >= 0.6 is 0 Å². The number of aromatic nitrogens is 4. The first-order chi connectivity index (χ1) is 19.3. The second kappa shape index (κ2) is 13.1. The number of amides is 2. The maximum Gasteiger partial charge on any atom is 0.320 e. The van der Waals surface area contributed by atoms with Crippen LogP contribution in [-0.2, 0) is 16.7 Å². The van der Waals surface area contributed by atoms with E-state index >= 15 is 0 Å². The molecule has 1 aliphatic rings. The number of nitrogens with zero attached hydrogens (tertiary/aromatic N) is 5. The fraction of sp³-hybridized carbons (Fsp3) is 0.333. The smallest absolute Gasteiger partial charge is 0.320 e. The van der Waals surface area contributed by atoms with Gasteiger partial charge in [-0.25, -0.2) is 14.5 Å². The molecular weight excluding hydrogens is 506 g/mol. The first-order valence-electron chi connectivity index (χ1n) is 13.3. The molecule has 1 aromatic carbocycles. The van der Waals surface area contributed by atoms with E-state index in [0.717, 1.165) is 30.0 Å². The number of nitrogens with one attached hydrogen (secondary N) is 2. The number of ether oxygens (including phenoxy) is 2. The maximum absolute atomic E-state index is 13.0. The Hall–Kier alpha value is -4.44. The van der Waals surface area contributed by atoms with Gasteiger partial charge in [-0.05, 0) is 25.1 Å². The second-order valence-electron chi connectivity index (χ2n) is 10.2. The van der Waals surface area contributed by atoms with Crippen molar-refractivity contribution in [1.82, 2.24) is 25.1 Å². The number of carbonyl (C=O) groups is 1. The normalized spacial score (nSPS) is 14.3. The van der Waals surface area contributed by atoms with Gasteiger partial charge in [-0.15, -0.1) is 0 Å². The van der Waals surface area contributed by atoms with Crippen molar-refractivity contribution in [2.24, 2.45) is 0 Å². The van der Waals surface area contributed by atoms with Crippen LogP contribution in [0.15, 0.2) is 73.5 Å². The second-order valence-corrected chi connectivity index (χ2v) is 10.2. The molecule has 2 N–H and O–H groups in total. The van der Waals surface area contributed by atoms with Gasteiger partial charge in [0.05, 0.1) is 24.6 Å². The van der Waals surface area contributed by atoms with Crippen LogP contribution in [-0.4, -0.2) is 52.1 Å². The van der Waals surface area contributed by atoms with Crippen LogP contribution < -0.4 is 20.3 Å². The van der Waals surface area contributed by atoms with E-state index < -0.39 is 0 Å². The molecule has 3 aromatic rings. The van der Waals surface area contributed by atoms with Gasteiger partial charge in [-0.3, -0.25) is 5.32 Å². The molecule has 0 unspecified atom stereocenters. The number of morpholine rings is 1. The molecule has 0 saturated carbocycles. The fourth-order valence-corrected chi connectivity index (χ4v) is 3.96. The lowest BCUT2D eigenvalue weighted by atomic mass is 9.92. The van der Waals surface area contributed by atoms with E-state index in [-0.39, 0.29) is 18.0 Å². The predicted molar refractivity (Wildman–Crippen MR) is 158 cm³/mol. The number of hydrogen-bond donors (Lipinski definition) is 2. The molecule has 10 nitrogen and oxygen atoms in total. The van der Waals surface area contributed by atoms with E-state index in [0.29, 0.717) is 36.6 Å². The summed E-state index contributed by atoms with van der Waals surface area (Å²) < 4.78 is 13.2. The minimum Gasteiger partial charge on any atom is -0.439 e. The van der Waals surface area contributed by atoms with Crippen molar-refractivity contribution < 1.29 is 14.3 Å². The van der Waals surface area contributed by atoms with E-state index in [1.54, 1.807) is 23.0 Å². The number of hydrogen-bond acceptors (Lipinski definition) is 7. The van der Waals surface area contributed by atoms with Gasteiger partial charge in [0.25, 0.3) is 0 Å². The Balaban J connectivity index is 1.47. The van der Waals surface area contributed by atoms with Crippen LogP contribution in [0.2, 0.25) is 0 Å². The number of urea groups is 1. The lowest BCUT2D eigenvalue weighted by Gasteiger charge is -2.26.